The molecule has 4 N–H and O–H groups in total. The van der Waals surface area contributed by atoms with E-state index in [1.165, 1.54) is 12.1 Å². The zero-order chi connectivity index (χ0) is 24.4. The summed E-state index contributed by atoms with van der Waals surface area (Å²) in [6.07, 6.45) is 2.65. The maximum absolute atomic E-state index is 14.6. The molecule has 1 saturated heterocycles. The fourth-order valence-corrected chi connectivity index (χ4v) is 4.85. The number of rotatable bonds is 7. The Hall–Kier alpha value is -3.34. The van der Waals surface area contributed by atoms with Crippen molar-refractivity contribution in [1.82, 2.24) is 15.1 Å². The first kappa shape index (κ1) is 23.4. The zero-order valence-electron chi connectivity index (χ0n) is 18.7. The summed E-state index contributed by atoms with van der Waals surface area (Å²) in [5, 5.41) is 4.44. The van der Waals surface area contributed by atoms with E-state index in [1.54, 1.807) is 30.1 Å². The van der Waals surface area contributed by atoms with Gasteiger partial charge in [-0.1, -0.05) is 23.4 Å². The number of alkyl halides is 1. The predicted octanol–water partition coefficient (Wildman–Crippen LogP) is 5.04. The molecule has 35 heavy (non-hydrogen) atoms. The van der Waals surface area contributed by atoms with Gasteiger partial charge in [0.25, 0.3) is 0 Å². The number of nitrogen functional groups attached to an aromatic ring is 1. The molecule has 1 fully saturated rings. The van der Waals surface area contributed by atoms with E-state index in [1.807, 2.05) is 24.3 Å². The summed E-state index contributed by atoms with van der Waals surface area (Å²) in [7, 11) is 0. The van der Waals surface area contributed by atoms with Crippen LogP contribution in [0.5, 0.6) is 0 Å². The van der Waals surface area contributed by atoms with Crippen molar-refractivity contribution in [3.8, 4) is 34.0 Å². The van der Waals surface area contributed by atoms with Crippen LogP contribution >= 0.6 is 11.8 Å². The zero-order valence-corrected chi connectivity index (χ0v) is 19.5. The van der Waals surface area contributed by atoms with Gasteiger partial charge in [0.2, 0.25) is 0 Å². The number of hydrogen-bond donors (Lipinski definition) is 2. The van der Waals surface area contributed by atoms with Gasteiger partial charge in [-0.2, -0.15) is 0 Å². The smallest absolute Gasteiger partial charge is 0.189 e. The number of halogens is 2. The quantitative estimate of drug-likeness (QED) is 0.367. The lowest BCUT2D eigenvalue weighted by Gasteiger charge is -2.09. The summed E-state index contributed by atoms with van der Waals surface area (Å²) >= 11 is 1.80. The van der Waals surface area contributed by atoms with Crippen molar-refractivity contribution in [3.05, 3.63) is 66.1 Å². The molecule has 5 rings (SSSR count). The number of hydrogen-bond acceptors (Lipinski definition) is 8. The van der Waals surface area contributed by atoms with Crippen molar-refractivity contribution < 1.29 is 18.0 Å². The highest BCUT2D eigenvalue weighted by molar-refractivity contribution is 8.00. The molecule has 0 bridgehead atoms. The van der Waals surface area contributed by atoms with Crippen LogP contribution in [0.2, 0.25) is 0 Å². The third-order valence-corrected chi connectivity index (χ3v) is 7.00. The van der Waals surface area contributed by atoms with E-state index in [9.17, 15) is 8.78 Å². The Bertz CT molecular complexity index is 1330. The van der Waals surface area contributed by atoms with Crippen LogP contribution in [-0.2, 0) is 4.74 Å². The van der Waals surface area contributed by atoms with Gasteiger partial charge < -0.3 is 20.7 Å². The third-order valence-electron chi connectivity index (χ3n) is 5.75. The molecule has 3 heterocycles. The summed E-state index contributed by atoms with van der Waals surface area (Å²) in [5.41, 5.74) is 14.3. The Kier molecular flexibility index (Phi) is 6.76. The molecule has 0 spiro atoms. The second-order valence-corrected chi connectivity index (χ2v) is 9.57. The fraction of sp³-hybridized carbons (Fsp3) is 0.240. The summed E-state index contributed by atoms with van der Waals surface area (Å²) in [4.78, 5) is 10.0. The minimum absolute atomic E-state index is 0.162. The molecule has 10 heteroatoms. The van der Waals surface area contributed by atoms with Crippen molar-refractivity contribution in [2.45, 2.75) is 22.6 Å². The number of nitrogens with zero attached hydrogens (tertiary/aromatic N) is 3. The van der Waals surface area contributed by atoms with Crippen LogP contribution in [-0.4, -0.2) is 40.3 Å². The van der Waals surface area contributed by atoms with Gasteiger partial charge in [0, 0.05) is 33.9 Å². The van der Waals surface area contributed by atoms with Gasteiger partial charge in [-0.05, 0) is 36.2 Å². The molecule has 180 valence electrons. The van der Waals surface area contributed by atoms with Crippen LogP contribution in [0.1, 0.15) is 18.0 Å². The molecule has 0 amide bonds. The monoisotopic (exact) mass is 495 g/mol. The summed E-state index contributed by atoms with van der Waals surface area (Å²) < 4.78 is 38.3. The van der Waals surface area contributed by atoms with Crippen LogP contribution in [0.25, 0.3) is 34.0 Å². The van der Waals surface area contributed by atoms with Gasteiger partial charge >= 0.3 is 0 Å². The van der Waals surface area contributed by atoms with Gasteiger partial charge in [0.15, 0.2) is 17.3 Å². The van der Waals surface area contributed by atoms with Crippen LogP contribution in [0.15, 0.2) is 64.1 Å². The lowest BCUT2D eigenvalue weighted by Crippen LogP contribution is -2.12. The topological polar surface area (TPSA) is 113 Å². The normalized spacial score (nSPS) is 16.5. The van der Waals surface area contributed by atoms with Gasteiger partial charge in [-0.15, -0.1) is 11.8 Å². The summed E-state index contributed by atoms with van der Waals surface area (Å²) in [6, 6.07) is 13.0. The highest BCUT2D eigenvalue weighted by atomic mass is 32.2. The van der Waals surface area contributed by atoms with Gasteiger partial charge in [0.05, 0.1) is 24.5 Å². The first-order chi connectivity index (χ1) is 17.0. The van der Waals surface area contributed by atoms with E-state index in [0.29, 0.717) is 22.2 Å². The molecule has 2 aromatic carbocycles. The van der Waals surface area contributed by atoms with E-state index in [0.717, 1.165) is 30.1 Å². The van der Waals surface area contributed by atoms with E-state index >= 15 is 0 Å². The number of nitrogens with two attached hydrogens (primary N) is 2. The molecular weight excluding hydrogens is 472 g/mol. The number of benzene rings is 2. The van der Waals surface area contributed by atoms with Crippen molar-refractivity contribution in [2.75, 3.05) is 25.6 Å². The highest BCUT2D eigenvalue weighted by Crippen LogP contribution is 2.33. The average molecular weight is 496 g/mol. The minimum atomic E-state index is -0.881. The molecule has 0 aliphatic carbocycles. The average Bonchev–Trinajstić information content (AvgIpc) is 3.57. The van der Waals surface area contributed by atoms with Gasteiger partial charge in [-0.25, -0.2) is 18.7 Å². The molecule has 7 nitrogen and oxygen atoms in total. The van der Waals surface area contributed by atoms with Crippen LogP contribution in [0.3, 0.4) is 0 Å². The minimum Gasteiger partial charge on any atom is -0.382 e. The van der Waals surface area contributed by atoms with Crippen LogP contribution < -0.4 is 11.5 Å². The second kappa shape index (κ2) is 10.1. The molecule has 1 aliphatic rings. The third kappa shape index (κ3) is 5.04. The number of anilines is 1. The van der Waals surface area contributed by atoms with Crippen LogP contribution in [0.4, 0.5) is 14.6 Å². The lowest BCUT2D eigenvalue weighted by molar-refractivity contribution is 0.199. The Morgan fingerprint density at radius 3 is 2.66 bits per heavy atom. The van der Waals surface area contributed by atoms with Gasteiger partial charge in [0.1, 0.15) is 18.2 Å². The van der Waals surface area contributed by atoms with E-state index in [2.05, 4.69) is 15.1 Å². The Morgan fingerprint density at radius 2 is 1.94 bits per heavy atom. The summed E-state index contributed by atoms with van der Waals surface area (Å²) in [6.45, 7) is 0.810. The van der Waals surface area contributed by atoms with Crippen molar-refractivity contribution in [3.63, 3.8) is 0 Å². The number of thioether (sulfide) groups is 1. The molecule has 1 aliphatic heterocycles. The highest BCUT2D eigenvalue weighted by Gasteiger charge is 2.19. The first-order valence-electron chi connectivity index (χ1n) is 11.1. The Balaban J connectivity index is 1.39. The number of aromatic nitrogens is 3. The first-order valence-corrected chi connectivity index (χ1v) is 12.0. The Morgan fingerprint density at radius 1 is 1.11 bits per heavy atom. The van der Waals surface area contributed by atoms with Crippen molar-refractivity contribution in [2.24, 2.45) is 5.73 Å². The van der Waals surface area contributed by atoms with Gasteiger partial charge in [-0.3, -0.25) is 0 Å². The molecule has 0 saturated carbocycles. The Labute approximate surface area is 204 Å². The van der Waals surface area contributed by atoms with E-state index in [4.69, 9.17) is 20.7 Å². The lowest BCUT2D eigenvalue weighted by atomic mass is 10.0. The van der Waals surface area contributed by atoms with Crippen molar-refractivity contribution in [1.29, 1.82) is 0 Å². The molecule has 2 aromatic heterocycles. The maximum atomic E-state index is 14.6. The summed E-state index contributed by atoms with van der Waals surface area (Å²) in [5.74, 6) is -0.167. The second-order valence-electron chi connectivity index (χ2n) is 8.19. The predicted molar refractivity (Wildman–Crippen MR) is 131 cm³/mol. The molecular formula is C25H23F2N5O2S. The van der Waals surface area contributed by atoms with Crippen molar-refractivity contribution >= 4 is 17.6 Å². The van der Waals surface area contributed by atoms with Crippen LogP contribution in [0, 0.1) is 5.82 Å². The molecule has 2 unspecified atom stereocenters. The SMILES string of the molecule is Nc1ncc(-c2ccc(SC3CCOC3)cc2)nc1-c1cc(-c2ccc(C(N)CF)cc2F)no1. The molecule has 4 aromatic rings. The number of ether oxygens (including phenoxy) is 1. The molecule has 2 atom stereocenters. The van der Waals surface area contributed by atoms with E-state index in [-0.39, 0.29) is 22.8 Å². The standard InChI is InChI=1S/C25H23F2N5O2S/c26-11-20(28)15-3-6-18(19(27)9-15)21-10-23(34-32-21)24-25(29)30-12-22(31-24)14-1-4-16(5-2-14)35-17-7-8-33-13-17/h1-6,9-10,12,17,20H,7-8,11,13,28H2,(H2,29,30). The molecule has 0 radical (unpaired) electrons. The maximum Gasteiger partial charge on any atom is 0.189 e. The largest absolute Gasteiger partial charge is 0.382 e. The fourth-order valence-electron chi connectivity index (χ4n) is 3.79. The van der Waals surface area contributed by atoms with E-state index < -0.39 is 18.5 Å².